The second-order valence-corrected chi connectivity index (χ2v) is 10.7. The Labute approximate surface area is 229 Å². The van der Waals surface area contributed by atoms with Gasteiger partial charge in [0.15, 0.2) is 11.5 Å². The van der Waals surface area contributed by atoms with E-state index in [0.717, 1.165) is 29.5 Å². The third kappa shape index (κ3) is 6.29. The summed E-state index contributed by atoms with van der Waals surface area (Å²) in [5.41, 5.74) is 3.21. The minimum Gasteiger partial charge on any atom is -0.493 e. The summed E-state index contributed by atoms with van der Waals surface area (Å²) in [7, 11) is 4.69. The van der Waals surface area contributed by atoms with Crippen LogP contribution in [0, 0.1) is 5.92 Å². The van der Waals surface area contributed by atoms with Crippen molar-refractivity contribution in [3.63, 3.8) is 0 Å². The lowest BCUT2D eigenvalue weighted by Crippen LogP contribution is -2.42. The number of fused-ring (bicyclic) bond motifs is 3. The fraction of sp³-hybridized carbons (Fsp3) is 0.500. The molecule has 39 heavy (non-hydrogen) atoms. The van der Waals surface area contributed by atoms with Crippen LogP contribution in [0.2, 0.25) is 0 Å². The maximum Gasteiger partial charge on any atom is 0.242 e. The van der Waals surface area contributed by atoms with Crippen molar-refractivity contribution in [1.29, 1.82) is 0 Å². The van der Waals surface area contributed by atoms with Crippen LogP contribution in [-0.4, -0.2) is 45.2 Å². The molecule has 4 rings (SSSR count). The van der Waals surface area contributed by atoms with E-state index < -0.39 is 12.1 Å². The first kappa shape index (κ1) is 28.3. The topological polar surface area (TPSA) is 115 Å². The van der Waals surface area contributed by atoms with E-state index in [1.165, 1.54) is 6.92 Å². The number of aryl methyl sites for hydroxylation is 1. The van der Waals surface area contributed by atoms with Gasteiger partial charge in [-0.05, 0) is 72.9 Å². The van der Waals surface area contributed by atoms with E-state index in [4.69, 9.17) is 14.2 Å². The molecule has 2 atom stereocenters. The van der Waals surface area contributed by atoms with E-state index in [9.17, 15) is 14.4 Å². The predicted molar refractivity (Wildman–Crippen MR) is 151 cm³/mol. The highest BCUT2D eigenvalue weighted by Crippen LogP contribution is 2.50. The lowest BCUT2D eigenvalue weighted by Gasteiger charge is -2.20. The van der Waals surface area contributed by atoms with Gasteiger partial charge in [-0.15, -0.1) is 0 Å². The van der Waals surface area contributed by atoms with Crippen LogP contribution in [0.25, 0.3) is 11.1 Å². The Bertz CT molecular complexity index is 1300. The van der Waals surface area contributed by atoms with Crippen molar-refractivity contribution in [2.24, 2.45) is 5.92 Å². The van der Waals surface area contributed by atoms with Gasteiger partial charge < -0.3 is 30.2 Å². The molecule has 1 fully saturated rings. The standard InChI is InChI=1S/C30H39N3O6/c1-16(2)13-24(30(36)32-19-8-9-19)33-23-12-10-20-21(15-25(23)35)22(31-17(3)34)11-7-18-14-26(37-4)28(38-5)29(39-6)27(18)20/h10,12,14-16,19,22,24H,7-9,11,13H2,1-6H3,(H,31,34)(H,32,36)(H,33,35)/t22-,24+/m1/s1. The number of benzene rings is 1. The highest BCUT2D eigenvalue weighted by Gasteiger charge is 2.31. The molecule has 2 aromatic rings. The number of nitrogens with one attached hydrogen (secondary N) is 3. The van der Waals surface area contributed by atoms with Crippen molar-refractivity contribution in [2.75, 3.05) is 26.6 Å². The van der Waals surface area contributed by atoms with Gasteiger partial charge >= 0.3 is 0 Å². The summed E-state index contributed by atoms with van der Waals surface area (Å²) < 4.78 is 17.1. The van der Waals surface area contributed by atoms with Crippen LogP contribution in [0.5, 0.6) is 17.2 Å². The Morgan fingerprint density at radius 1 is 0.974 bits per heavy atom. The first-order valence-electron chi connectivity index (χ1n) is 13.5. The fourth-order valence-corrected chi connectivity index (χ4v) is 5.25. The lowest BCUT2D eigenvalue weighted by atomic mass is 9.95. The molecule has 0 radical (unpaired) electrons. The number of carbonyl (C=O) groups excluding carboxylic acids is 2. The predicted octanol–water partition coefficient (Wildman–Crippen LogP) is 3.97. The molecule has 0 unspecified atom stereocenters. The summed E-state index contributed by atoms with van der Waals surface area (Å²) in [6.45, 7) is 5.56. The van der Waals surface area contributed by atoms with Crippen LogP contribution in [-0.2, 0) is 16.0 Å². The van der Waals surface area contributed by atoms with Gasteiger partial charge in [0.25, 0.3) is 0 Å². The third-order valence-corrected chi connectivity index (χ3v) is 7.19. The number of carbonyl (C=O) groups is 2. The summed E-state index contributed by atoms with van der Waals surface area (Å²) in [5.74, 6) is 1.44. The molecule has 0 spiro atoms. The normalized spacial score (nSPS) is 16.7. The maximum absolute atomic E-state index is 13.6. The van der Waals surface area contributed by atoms with Gasteiger partial charge in [0.1, 0.15) is 6.04 Å². The van der Waals surface area contributed by atoms with Gasteiger partial charge in [-0.2, -0.15) is 0 Å². The molecule has 3 N–H and O–H groups in total. The van der Waals surface area contributed by atoms with Gasteiger partial charge in [-0.1, -0.05) is 19.9 Å². The van der Waals surface area contributed by atoms with Crippen LogP contribution in [0.1, 0.15) is 63.6 Å². The molecule has 2 amide bonds. The van der Waals surface area contributed by atoms with E-state index in [1.54, 1.807) is 33.5 Å². The van der Waals surface area contributed by atoms with Gasteiger partial charge in [0.05, 0.1) is 33.1 Å². The van der Waals surface area contributed by atoms with Crippen LogP contribution in [0.15, 0.2) is 29.1 Å². The number of hydrogen-bond donors (Lipinski definition) is 3. The summed E-state index contributed by atoms with van der Waals surface area (Å²) in [5, 5.41) is 9.30. The number of hydrogen-bond acceptors (Lipinski definition) is 7. The quantitative estimate of drug-likeness (QED) is 0.420. The molecule has 1 saturated carbocycles. The van der Waals surface area contributed by atoms with Gasteiger partial charge in [0.2, 0.25) is 23.0 Å². The van der Waals surface area contributed by atoms with Gasteiger partial charge in [-0.3, -0.25) is 14.4 Å². The molecule has 0 aromatic heterocycles. The minimum atomic E-state index is -0.544. The molecule has 2 aliphatic carbocycles. The van der Waals surface area contributed by atoms with E-state index in [2.05, 4.69) is 16.0 Å². The second kappa shape index (κ2) is 12.0. The minimum absolute atomic E-state index is 0.0985. The van der Waals surface area contributed by atoms with Crippen LogP contribution in [0.3, 0.4) is 0 Å². The van der Waals surface area contributed by atoms with Crippen molar-refractivity contribution in [1.82, 2.24) is 10.6 Å². The zero-order valence-corrected chi connectivity index (χ0v) is 23.6. The molecule has 2 aromatic carbocycles. The summed E-state index contributed by atoms with van der Waals surface area (Å²) in [4.78, 5) is 38.8. The highest BCUT2D eigenvalue weighted by molar-refractivity contribution is 5.86. The average Bonchev–Trinajstić information content (AvgIpc) is 3.73. The van der Waals surface area contributed by atoms with Gasteiger partial charge in [-0.25, -0.2) is 0 Å². The molecule has 0 saturated heterocycles. The monoisotopic (exact) mass is 537 g/mol. The van der Waals surface area contributed by atoms with E-state index >= 15 is 0 Å². The summed E-state index contributed by atoms with van der Waals surface area (Å²) >= 11 is 0. The average molecular weight is 538 g/mol. The molecule has 210 valence electrons. The number of rotatable bonds is 10. The molecule has 0 bridgehead atoms. The zero-order chi connectivity index (χ0) is 28.3. The fourth-order valence-electron chi connectivity index (χ4n) is 5.25. The summed E-state index contributed by atoms with van der Waals surface area (Å²) in [6, 6.07) is 6.34. The van der Waals surface area contributed by atoms with E-state index in [1.807, 2.05) is 26.0 Å². The molecule has 9 heteroatoms. The first-order chi connectivity index (χ1) is 18.7. The summed E-state index contributed by atoms with van der Waals surface area (Å²) in [6.07, 6.45) is 3.75. The number of amides is 2. The second-order valence-electron chi connectivity index (χ2n) is 10.7. The van der Waals surface area contributed by atoms with Crippen molar-refractivity contribution >= 4 is 17.5 Å². The molecular formula is C30H39N3O6. The SMILES string of the molecule is COc1cc2c(c(OC)c1OC)-c1ccc(N[C@@H](CC(C)C)C(=O)NC3CC3)c(=O)cc1[C@H](NC(C)=O)CC2. The maximum atomic E-state index is 13.6. The lowest BCUT2D eigenvalue weighted by molar-refractivity contribution is -0.122. The van der Waals surface area contributed by atoms with E-state index in [-0.39, 0.29) is 29.2 Å². The Hall–Kier alpha value is -3.75. The third-order valence-electron chi connectivity index (χ3n) is 7.19. The smallest absolute Gasteiger partial charge is 0.242 e. The highest BCUT2D eigenvalue weighted by atomic mass is 16.5. The molecule has 9 nitrogen and oxygen atoms in total. The zero-order valence-electron chi connectivity index (χ0n) is 23.6. The molecular weight excluding hydrogens is 498 g/mol. The van der Waals surface area contributed by atoms with Crippen molar-refractivity contribution in [3.8, 4) is 28.4 Å². The Balaban J connectivity index is 1.88. The van der Waals surface area contributed by atoms with Crippen LogP contribution >= 0.6 is 0 Å². The Morgan fingerprint density at radius 2 is 1.69 bits per heavy atom. The van der Waals surface area contributed by atoms with Gasteiger partial charge in [0, 0.05) is 18.5 Å². The Morgan fingerprint density at radius 3 is 2.28 bits per heavy atom. The molecule has 2 aliphatic rings. The van der Waals surface area contributed by atoms with Crippen molar-refractivity contribution < 1.29 is 23.8 Å². The number of ether oxygens (including phenoxy) is 3. The van der Waals surface area contributed by atoms with Crippen LogP contribution < -0.4 is 35.6 Å². The number of methoxy groups -OCH3 is 3. The Kier molecular flexibility index (Phi) is 8.67. The number of anilines is 1. The van der Waals surface area contributed by atoms with E-state index in [0.29, 0.717) is 47.8 Å². The largest absolute Gasteiger partial charge is 0.493 e. The van der Waals surface area contributed by atoms with Crippen molar-refractivity contribution in [2.45, 2.75) is 71.0 Å². The van der Waals surface area contributed by atoms with Crippen LogP contribution in [0.4, 0.5) is 5.69 Å². The molecule has 0 heterocycles. The molecule has 0 aliphatic heterocycles. The first-order valence-corrected chi connectivity index (χ1v) is 13.5. The van der Waals surface area contributed by atoms with Crippen molar-refractivity contribution in [3.05, 3.63) is 45.6 Å².